The average molecular weight is 297 g/mol. The molecule has 0 fully saturated rings. The molecule has 0 aliphatic carbocycles. The normalized spacial score (nSPS) is 10.2. The number of carbonyl (C=O) groups is 2. The minimum absolute atomic E-state index is 0.0939. The zero-order valence-corrected chi connectivity index (χ0v) is 12.4. The number of carbonyl (C=O) groups excluding carboxylic acids is 2. The van der Waals surface area contributed by atoms with E-state index in [1.165, 1.54) is 31.3 Å². The number of aromatic nitrogens is 2. The van der Waals surface area contributed by atoms with Crippen LogP contribution in [0.3, 0.4) is 0 Å². The first-order chi connectivity index (χ1) is 10.0. The van der Waals surface area contributed by atoms with Gasteiger partial charge in [-0.15, -0.1) is 0 Å². The molecule has 8 heteroatoms. The fraction of sp³-hybridized carbons (Fsp3) is 0.538. The maximum Gasteiger partial charge on any atom is 0.325 e. The van der Waals surface area contributed by atoms with Crippen LogP contribution in [0.5, 0.6) is 0 Å². The summed E-state index contributed by atoms with van der Waals surface area (Å²) in [7, 11) is 2.76. The lowest BCUT2D eigenvalue weighted by Gasteiger charge is -2.19. The lowest BCUT2D eigenvalue weighted by atomic mass is 10.3. The van der Waals surface area contributed by atoms with Gasteiger partial charge in [-0.3, -0.25) is 14.4 Å². The average Bonchev–Trinajstić information content (AvgIpc) is 2.50. The van der Waals surface area contributed by atoms with E-state index in [-0.39, 0.29) is 24.3 Å². The lowest BCUT2D eigenvalue weighted by Crippen LogP contribution is -2.37. The Bertz CT molecular complexity index is 555. The van der Waals surface area contributed by atoms with Crippen LogP contribution in [0, 0.1) is 0 Å². The van der Waals surface area contributed by atoms with Gasteiger partial charge in [0, 0.05) is 19.7 Å². The summed E-state index contributed by atoms with van der Waals surface area (Å²) in [5.74, 6) is -0.952. The summed E-state index contributed by atoms with van der Waals surface area (Å²) in [6.07, 6.45) is 0. The maximum absolute atomic E-state index is 12.3. The first kappa shape index (κ1) is 16.8. The molecule has 0 atom stereocenters. The highest BCUT2D eigenvalue weighted by Crippen LogP contribution is 2.00. The van der Waals surface area contributed by atoms with Crippen molar-refractivity contribution in [2.45, 2.75) is 13.5 Å². The van der Waals surface area contributed by atoms with Crippen LogP contribution in [0.1, 0.15) is 17.4 Å². The third kappa shape index (κ3) is 4.67. The Labute approximate surface area is 122 Å². The second kappa shape index (κ2) is 8.15. The van der Waals surface area contributed by atoms with Crippen molar-refractivity contribution in [3.63, 3.8) is 0 Å². The van der Waals surface area contributed by atoms with Gasteiger partial charge in [0.1, 0.15) is 12.2 Å². The van der Waals surface area contributed by atoms with Crippen LogP contribution in [0.15, 0.2) is 16.9 Å². The molecule has 8 nitrogen and oxygen atoms in total. The van der Waals surface area contributed by atoms with Crippen molar-refractivity contribution in [2.24, 2.45) is 0 Å². The highest BCUT2D eigenvalue weighted by atomic mass is 16.5. The number of esters is 1. The summed E-state index contributed by atoms with van der Waals surface area (Å²) in [6.45, 7) is 2.46. The van der Waals surface area contributed by atoms with Crippen molar-refractivity contribution in [3.05, 3.63) is 28.2 Å². The van der Waals surface area contributed by atoms with Gasteiger partial charge >= 0.3 is 5.97 Å². The second-order valence-corrected chi connectivity index (χ2v) is 4.17. The van der Waals surface area contributed by atoms with Crippen molar-refractivity contribution >= 4 is 11.9 Å². The highest BCUT2D eigenvalue weighted by molar-refractivity contribution is 5.94. The van der Waals surface area contributed by atoms with E-state index in [0.29, 0.717) is 13.2 Å². The molecule has 0 N–H and O–H groups in total. The SMILES string of the molecule is CCN(CC(=O)OC)C(=O)c1ccc(=O)n(CCOC)n1. The van der Waals surface area contributed by atoms with Gasteiger partial charge in [-0.1, -0.05) is 0 Å². The Balaban J connectivity index is 2.94. The van der Waals surface area contributed by atoms with Crippen LogP contribution in [0.2, 0.25) is 0 Å². The van der Waals surface area contributed by atoms with E-state index >= 15 is 0 Å². The predicted octanol–water partition coefficient (Wildman–Crippen LogP) is -0.475. The van der Waals surface area contributed by atoms with E-state index in [1.807, 2.05) is 0 Å². The van der Waals surface area contributed by atoms with Gasteiger partial charge in [-0.2, -0.15) is 5.10 Å². The van der Waals surface area contributed by atoms with Gasteiger partial charge in [0.15, 0.2) is 0 Å². The highest BCUT2D eigenvalue weighted by Gasteiger charge is 2.19. The summed E-state index contributed by atoms with van der Waals surface area (Å²) in [4.78, 5) is 36.4. The number of amides is 1. The number of methoxy groups -OCH3 is 2. The maximum atomic E-state index is 12.3. The second-order valence-electron chi connectivity index (χ2n) is 4.17. The van der Waals surface area contributed by atoms with Crippen molar-refractivity contribution < 1.29 is 19.1 Å². The Morgan fingerprint density at radius 2 is 2.05 bits per heavy atom. The number of ether oxygens (including phenoxy) is 2. The quantitative estimate of drug-likeness (QED) is 0.632. The Kier molecular flexibility index (Phi) is 6.54. The van der Waals surface area contributed by atoms with Gasteiger partial charge in [-0.25, -0.2) is 4.68 Å². The standard InChI is InChI=1S/C13H19N3O5/c1-4-15(9-12(18)21-3)13(19)10-5-6-11(17)16(14-10)7-8-20-2/h5-6H,4,7-9H2,1-3H3. The Hall–Kier alpha value is -2.22. The topological polar surface area (TPSA) is 90.7 Å². The summed E-state index contributed by atoms with van der Waals surface area (Å²) in [5, 5.41) is 3.99. The number of rotatable bonds is 7. The summed E-state index contributed by atoms with van der Waals surface area (Å²) in [6, 6.07) is 2.61. The van der Waals surface area contributed by atoms with Crippen LogP contribution < -0.4 is 5.56 Å². The van der Waals surface area contributed by atoms with E-state index in [0.717, 1.165) is 4.68 Å². The summed E-state index contributed by atoms with van der Waals surface area (Å²) < 4.78 is 10.6. The molecule has 21 heavy (non-hydrogen) atoms. The Morgan fingerprint density at radius 1 is 1.33 bits per heavy atom. The Morgan fingerprint density at radius 3 is 2.62 bits per heavy atom. The molecule has 0 aliphatic rings. The predicted molar refractivity (Wildman–Crippen MR) is 74.0 cm³/mol. The van der Waals surface area contributed by atoms with E-state index in [4.69, 9.17) is 4.74 Å². The molecule has 0 spiro atoms. The van der Waals surface area contributed by atoms with Crippen molar-refractivity contribution in [1.82, 2.24) is 14.7 Å². The van der Waals surface area contributed by atoms with Crippen molar-refractivity contribution in [3.8, 4) is 0 Å². The molecule has 0 aromatic carbocycles. The third-order valence-electron chi connectivity index (χ3n) is 2.81. The van der Waals surface area contributed by atoms with E-state index in [2.05, 4.69) is 9.84 Å². The molecule has 0 saturated carbocycles. The minimum Gasteiger partial charge on any atom is -0.468 e. The fourth-order valence-electron chi connectivity index (χ4n) is 1.61. The number of hydrogen-bond donors (Lipinski definition) is 0. The number of nitrogens with zero attached hydrogens (tertiary/aromatic N) is 3. The van der Waals surface area contributed by atoms with Crippen LogP contribution in [0.25, 0.3) is 0 Å². The third-order valence-corrected chi connectivity index (χ3v) is 2.81. The van der Waals surface area contributed by atoms with Crippen molar-refractivity contribution in [1.29, 1.82) is 0 Å². The molecule has 0 unspecified atom stereocenters. The lowest BCUT2D eigenvalue weighted by molar-refractivity contribution is -0.141. The molecule has 1 aromatic heterocycles. The largest absolute Gasteiger partial charge is 0.468 e. The summed E-state index contributed by atoms with van der Waals surface area (Å²) in [5.41, 5.74) is -0.226. The van der Waals surface area contributed by atoms with Crippen molar-refractivity contribution in [2.75, 3.05) is 33.9 Å². The number of likely N-dealkylation sites (N-methyl/N-ethyl adjacent to an activating group) is 1. The zero-order chi connectivity index (χ0) is 15.8. The van der Waals surface area contributed by atoms with E-state index < -0.39 is 11.9 Å². The molecule has 116 valence electrons. The molecule has 1 aromatic rings. The van der Waals surface area contributed by atoms with Gasteiger partial charge < -0.3 is 14.4 Å². The molecule has 1 amide bonds. The molecule has 1 heterocycles. The van der Waals surface area contributed by atoms with Gasteiger partial charge in [-0.05, 0) is 13.0 Å². The van der Waals surface area contributed by atoms with Crippen LogP contribution in [-0.4, -0.2) is 60.5 Å². The van der Waals surface area contributed by atoms with Gasteiger partial charge in [0.25, 0.3) is 11.5 Å². The van der Waals surface area contributed by atoms with Crippen LogP contribution in [0.4, 0.5) is 0 Å². The molecule has 0 saturated heterocycles. The zero-order valence-electron chi connectivity index (χ0n) is 12.4. The molecule has 1 rings (SSSR count). The van der Waals surface area contributed by atoms with Gasteiger partial charge in [0.2, 0.25) is 0 Å². The van der Waals surface area contributed by atoms with Crippen LogP contribution >= 0.6 is 0 Å². The molecule has 0 bridgehead atoms. The van der Waals surface area contributed by atoms with Gasteiger partial charge in [0.05, 0.1) is 20.3 Å². The molecule has 0 aliphatic heterocycles. The molecular formula is C13H19N3O5. The van der Waals surface area contributed by atoms with E-state index in [1.54, 1.807) is 6.92 Å². The number of hydrogen-bond acceptors (Lipinski definition) is 6. The first-order valence-electron chi connectivity index (χ1n) is 6.46. The summed E-state index contributed by atoms with van der Waals surface area (Å²) >= 11 is 0. The van der Waals surface area contributed by atoms with Crippen LogP contribution in [-0.2, 0) is 20.8 Å². The monoisotopic (exact) mass is 297 g/mol. The first-order valence-corrected chi connectivity index (χ1v) is 6.46. The fourth-order valence-corrected chi connectivity index (χ4v) is 1.61. The van der Waals surface area contributed by atoms with E-state index in [9.17, 15) is 14.4 Å². The smallest absolute Gasteiger partial charge is 0.325 e. The minimum atomic E-state index is -0.516. The molecular weight excluding hydrogens is 278 g/mol. The molecule has 0 radical (unpaired) electrons.